The van der Waals surface area contributed by atoms with E-state index in [1.165, 1.54) is 0 Å². The molecule has 0 bridgehead atoms. The second-order valence-corrected chi connectivity index (χ2v) is 5.82. The molecule has 2 aliphatic rings. The van der Waals surface area contributed by atoms with E-state index in [4.69, 9.17) is 4.74 Å². The molecule has 1 aliphatic heterocycles. The average molecular weight is 336 g/mol. The number of hydrogen-bond acceptors (Lipinski definition) is 5. The van der Waals surface area contributed by atoms with E-state index < -0.39 is 6.09 Å². The molecule has 4 rings (SSSR count). The number of aliphatic imine (C=N–C) groups is 1. The van der Waals surface area contributed by atoms with Crippen LogP contribution in [0, 0.1) is 0 Å². The van der Waals surface area contributed by atoms with Gasteiger partial charge in [0.2, 0.25) is 11.7 Å². The second-order valence-electron chi connectivity index (χ2n) is 5.82. The van der Waals surface area contributed by atoms with E-state index >= 15 is 0 Å². The minimum absolute atomic E-state index is 0.163. The van der Waals surface area contributed by atoms with Crippen LogP contribution in [-0.4, -0.2) is 33.9 Å². The van der Waals surface area contributed by atoms with Gasteiger partial charge in [-0.3, -0.25) is 4.79 Å². The maximum absolute atomic E-state index is 12.8. The first-order valence-corrected chi connectivity index (χ1v) is 8.17. The summed E-state index contributed by atoms with van der Waals surface area (Å²) < 4.78 is 6.11. The maximum Gasteiger partial charge on any atom is 0.421 e. The first-order valence-electron chi connectivity index (χ1n) is 8.17. The van der Waals surface area contributed by atoms with Crippen LogP contribution in [0.1, 0.15) is 25.3 Å². The van der Waals surface area contributed by atoms with Gasteiger partial charge in [0, 0.05) is 11.0 Å². The Kier molecular flexibility index (Phi) is 3.53. The number of rotatable bonds is 2. The molecule has 0 radical (unpaired) electrons. The summed E-state index contributed by atoms with van der Waals surface area (Å²) in [4.78, 5) is 29.5. The molecule has 1 N–H and O–H groups in total. The molecule has 1 aliphatic carbocycles. The Hall–Kier alpha value is -3.15. The van der Waals surface area contributed by atoms with Gasteiger partial charge in [-0.2, -0.15) is 0 Å². The van der Waals surface area contributed by atoms with Crippen molar-refractivity contribution in [3.05, 3.63) is 53.3 Å². The Labute approximate surface area is 143 Å². The van der Waals surface area contributed by atoms with Gasteiger partial charge in [-0.25, -0.2) is 14.4 Å². The van der Waals surface area contributed by atoms with E-state index in [9.17, 15) is 14.7 Å². The number of allylic oxidation sites excluding steroid dienone is 3. The Bertz CT molecular complexity index is 1010. The molecule has 0 spiro atoms. The molecule has 126 valence electrons. The SMILES string of the molecule is CCOC(=O)n1c(O)c(C2=NC3=CCCC=C3C2=O)c2ccccc21. The summed E-state index contributed by atoms with van der Waals surface area (Å²) in [5, 5.41) is 11.3. The van der Waals surface area contributed by atoms with Crippen LogP contribution < -0.4 is 0 Å². The Morgan fingerprint density at radius 2 is 2.04 bits per heavy atom. The molecule has 1 aromatic carbocycles. The largest absolute Gasteiger partial charge is 0.494 e. The smallest absolute Gasteiger partial charge is 0.421 e. The zero-order chi connectivity index (χ0) is 17.6. The lowest BCUT2D eigenvalue weighted by Gasteiger charge is -2.05. The van der Waals surface area contributed by atoms with Crippen molar-refractivity contribution in [2.45, 2.75) is 19.8 Å². The molecule has 0 saturated carbocycles. The predicted molar refractivity (Wildman–Crippen MR) is 93.0 cm³/mol. The number of nitrogens with zero attached hydrogens (tertiary/aromatic N) is 2. The highest BCUT2D eigenvalue weighted by atomic mass is 16.5. The van der Waals surface area contributed by atoms with Gasteiger partial charge in [-0.15, -0.1) is 0 Å². The summed E-state index contributed by atoms with van der Waals surface area (Å²) in [6, 6.07) is 6.98. The number of hydrogen-bond donors (Lipinski definition) is 1. The van der Waals surface area contributed by atoms with Crippen LogP contribution in [0.2, 0.25) is 0 Å². The van der Waals surface area contributed by atoms with Gasteiger partial charge in [0.15, 0.2) is 0 Å². The van der Waals surface area contributed by atoms with E-state index in [0.717, 1.165) is 17.4 Å². The monoisotopic (exact) mass is 336 g/mol. The molecule has 6 nitrogen and oxygen atoms in total. The zero-order valence-corrected chi connectivity index (χ0v) is 13.7. The molecular weight excluding hydrogens is 320 g/mol. The fourth-order valence-electron chi connectivity index (χ4n) is 3.28. The second kappa shape index (κ2) is 5.73. The lowest BCUT2D eigenvalue weighted by atomic mass is 9.98. The molecule has 0 unspecified atom stereocenters. The van der Waals surface area contributed by atoms with Crippen molar-refractivity contribution >= 4 is 28.5 Å². The fourth-order valence-corrected chi connectivity index (χ4v) is 3.28. The summed E-state index contributed by atoms with van der Waals surface area (Å²) >= 11 is 0. The number of fused-ring (bicyclic) bond motifs is 2. The summed E-state index contributed by atoms with van der Waals surface area (Å²) in [5.74, 6) is -0.556. The van der Waals surface area contributed by atoms with Crippen molar-refractivity contribution in [1.82, 2.24) is 4.57 Å². The van der Waals surface area contributed by atoms with E-state index in [-0.39, 0.29) is 29.5 Å². The number of aromatic nitrogens is 1. The Morgan fingerprint density at radius 3 is 2.80 bits per heavy atom. The lowest BCUT2D eigenvalue weighted by molar-refractivity contribution is -0.109. The summed E-state index contributed by atoms with van der Waals surface area (Å²) in [6.45, 7) is 1.87. The quantitative estimate of drug-likeness (QED) is 0.912. The zero-order valence-electron chi connectivity index (χ0n) is 13.7. The van der Waals surface area contributed by atoms with Crippen molar-refractivity contribution in [3.63, 3.8) is 0 Å². The third kappa shape index (κ3) is 2.21. The first-order chi connectivity index (χ1) is 12.1. The number of ketones is 1. The molecule has 25 heavy (non-hydrogen) atoms. The highest BCUT2D eigenvalue weighted by Crippen LogP contribution is 2.37. The summed E-state index contributed by atoms with van der Waals surface area (Å²) in [7, 11) is 0. The van der Waals surface area contributed by atoms with Crippen molar-refractivity contribution in [2.24, 2.45) is 4.99 Å². The van der Waals surface area contributed by atoms with Crippen molar-refractivity contribution in [3.8, 4) is 5.88 Å². The highest BCUT2D eigenvalue weighted by Gasteiger charge is 2.34. The van der Waals surface area contributed by atoms with Crippen molar-refractivity contribution in [2.75, 3.05) is 6.61 Å². The molecule has 0 fully saturated rings. The average Bonchev–Trinajstić information content (AvgIpc) is 3.09. The Balaban J connectivity index is 1.96. The maximum atomic E-state index is 12.8. The van der Waals surface area contributed by atoms with Crippen molar-refractivity contribution in [1.29, 1.82) is 0 Å². The van der Waals surface area contributed by atoms with Gasteiger partial charge >= 0.3 is 6.09 Å². The van der Waals surface area contributed by atoms with Crippen LogP contribution in [0.15, 0.2) is 52.7 Å². The van der Waals surface area contributed by atoms with Crippen LogP contribution in [0.25, 0.3) is 10.9 Å². The molecule has 0 saturated heterocycles. The number of aromatic hydroxyl groups is 1. The predicted octanol–water partition coefficient (Wildman–Crippen LogP) is 3.33. The number of para-hydroxylation sites is 1. The van der Waals surface area contributed by atoms with Crippen LogP contribution in [0.5, 0.6) is 5.88 Å². The van der Waals surface area contributed by atoms with E-state index in [1.54, 1.807) is 31.2 Å². The van der Waals surface area contributed by atoms with Gasteiger partial charge in [-0.05, 0) is 25.8 Å². The molecule has 0 amide bonds. The molecule has 2 aromatic rings. The third-order valence-corrected chi connectivity index (χ3v) is 4.36. The van der Waals surface area contributed by atoms with Gasteiger partial charge in [0.1, 0.15) is 5.71 Å². The van der Waals surface area contributed by atoms with Crippen LogP contribution in [0.3, 0.4) is 0 Å². The minimum Gasteiger partial charge on any atom is -0.494 e. The summed E-state index contributed by atoms with van der Waals surface area (Å²) in [5.41, 5.74) is 2.11. The lowest BCUT2D eigenvalue weighted by Crippen LogP contribution is -2.15. The molecular formula is C19H16N2O4. The molecule has 0 atom stereocenters. The first kappa shape index (κ1) is 15.4. The standard InChI is InChI=1S/C19H16N2O4/c1-2-25-19(24)21-14-10-6-4-8-12(14)15(18(21)23)16-17(22)11-7-3-5-9-13(11)20-16/h4,6-10,23H,2-3,5H2,1H3. The highest BCUT2D eigenvalue weighted by molar-refractivity contribution is 6.56. The number of carbonyl (C=O) groups excluding carboxylic acids is 2. The molecule has 6 heteroatoms. The van der Waals surface area contributed by atoms with E-state index in [0.29, 0.717) is 22.2 Å². The van der Waals surface area contributed by atoms with Gasteiger partial charge in [0.05, 0.1) is 23.4 Å². The number of benzene rings is 1. The van der Waals surface area contributed by atoms with Gasteiger partial charge in [0.25, 0.3) is 0 Å². The normalized spacial score (nSPS) is 16.4. The van der Waals surface area contributed by atoms with Crippen LogP contribution in [-0.2, 0) is 9.53 Å². The number of carbonyl (C=O) groups is 2. The Morgan fingerprint density at radius 1 is 1.28 bits per heavy atom. The fraction of sp³-hybridized carbons (Fsp3) is 0.211. The molecule has 2 heterocycles. The number of ether oxygens (including phenoxy) is 1. The topological polar surface area (TPSA) is 80.9 Å². The third-order valence-electron chi connectivity index (χ3n) is 4.36. The number of Topliss-reactive ketones (excluding diaryl/α,β-unsaturated/α-hetero) is 1. The van der Waals surface area contributed by atoms with Crippen LogP contribution in [0.4, 0.5) is 4.79 Å². The van der Waals surface area contributed by atoms with Crippen LogP contribution >= 0.6 is 0 Å². The molecule has 1 aromatic heterocycles. The minimum atomic E-state index is -0.690. The van der Waals surface area contributed by atoms with Gasteiger partial charge in [-0.1, -0.05) is 30.4 Å². The van der Waals surface area contributed by atoms with Crippen molar-refractivity contribution < 1.29 is 19.4 Å². The van der Waals surface area contributed by atoms with E-state index in [2.05, 4.69) is 4.99 Å². The van der Waals surface area contributed by atoms with E-state index in [1.807, 2.05) is 12.2 Å². The summed E-state index contributed by atoms with van der Waals surface area (Å²) in [6.07, 6.45) is 4.73. The van der Waals surface area contributed by atoms with Gasteiger partial charge < -0.3 is 9.84 Å².